The van der Waals surface area contributed by atoms with Crippen molar-refractivity contribution in [1.29, 1.82) is 0 Å². The van der Waals surface area contributed by atoms with Crippen LogP contribution in [0.1, 0.15) is 45.2 Å². The normalized spacial score (nSPS) is 18.9. The van der Waals surface area contributed by atoms with Crippen LogP contribution in [-0.4, -0.2) is 24.5 Å². The third-order valence-corrected chi connectivity index (χ3v) is 4.04. The van der Waals surface area contributed by atoms with Gasteiger partial charge in [-0.3, -0.25) is 4.90 Å². The number of nitrogens with zero attached hydrogens (tertiary/aromatic N) is 1. The Bertz CT molecular complexity index is 423. The molecule has 1 heterocycles. The molecule has 2 rings (SSSR count). The maximum absolute atomic E-state index is 3.52. The SMILES string of the molecule is CC(C)CNCc1cccc(CN2CCC(C)(C)C2)c1. The molecule has 1 aliphatic heterocycles. The predicted octanol–water partition coefficient (Wildman–Crippen LogP) is 3.66. The molecule has 2 heteroatoms. The first kappa shape index (κ1) is 15.5. The fourth-order valence-corrected chi connectivity index (χ4v) is 2.96. The lowest BCUT2D eigenvalue weighted by Crippen LogP contribution is -2.23. The van der Waals surface area contributed by atoms with Crippen molar-refractivity contribution in [1.82, 2.24) is 10.2 Å². The molecule has 0 spiro atoms. The summed E-state index contributed by atoms with van der Waals surface area (Å²) in [5.74, 6) is 0.713. The van der Waals surface area contributed by atoms with Crippen molar-refractivity contribution in [3.05, 3.63) is 35.4 Å². The van der Waals surface area contributed by atoms with E-state index in [1.165, 1.54) is 30.6 Å². The molecular weight excluding hydrogens is 244 g/mol. The molecule has 1 saturated heterocycles. The van der Waals surface area contributed by atoms with Crippen molar-refractivity contribution in [3.63, 3.8) is 0 Å². The molecule has 1 aromatic carbocycles. The lowest BCUT2D eigenvalue weighted by atomic mass is 9.93. The van der Waals surface area contributed by atoms with Crippen molar-refractivity contribution < 1.29 is 0 Å². The molecule has 0 bridgehead atoms. The van der Waals surface area contributed by atoms with Gasteiger partial charge in [-0.2, -0.15) is 0 Å². The number of rotatable bonds is 6. The van der Waals surface area contributed by atoms with Gasteiger partial charge < -0.3 is 5.32 Å². The third-order valence-electron chi connectivity index (χ3n) is 4.04. The molecule has 1 aromatic rings. The Labute approximate surface area is 124 Å². The molecule has 1 aliphatic rings. The Balaban J connectivity index is 1.86. The van der Waals surface area contributed by atoms with Crippen molar-refractivity contribution in [2.45, 2.75) is 47.2 Å². The van der Waals surface area contributed by atoms with Gasteiger partial charge in [0.05, 0.1) is 0 Å². The summed E-state index contributed by atoms with van der Waals surface area (Å²) in [5, 5.41) is 3.52. The van der Waals surface area contributed by atoms with Crippen LogP contribution in [0.3, 0.4) is 0 Å². The summed E-state index contributed by atoms with van der Waals surface area (Å²) < 4.78 is 0. The van der Waals surface area contributed by atoms with Crippen molar-refractivity contribution >= 4 is 0 Å². The van der Waals surface area contributed by atoms with E-state index >= 15 is 0 Å². The van der Waals surface area contributed by atoms with Gasteiger partial charge in [0, 0.05) is 19.6 Å². The minimum Gasteiger partial charge on any atom is -0.312 e. The number of likely N-dealkylation sites (tertiary alicyclic amines) is 1. The van der Waals surface area contributed by atoms with E-state index in [0.29, 0.717) is 11.3 Å². The maximum atomic E-state index is 3.52. The van der Waals surface area contributed by atoms with E-state index in [1.807, 2.05) is 0 Å². The van der Waals surface area contributed by atoms with Crippen molar-refractivity contribution in [3.8, 4) is 0 Å². The molecule has 1 N–H and O–H groups in total. The standard InChI is InChI=1S/C18H30N2/c1-15(2)11-19-12-16-6-5-7-17(10-16)13-20-9-8-18(3,4)14-20/h5-7,10,15,19H,8-9,11-14H2,1-4H3. The first-order valence-electron chi connectivity index (χ1n) is 7.95. The topological polar surface area (TPSA) is 15.3 Å². The molecule has 0 unspecified atom stereocenters. The monoisotopic (exact) mass is 274 g/mol. The van der Waals surface area contributed by atoms with Crippen LogP contribution in [0.4, 0.5) is 0 Å². The summed E-state index contributed by atoms with van der Waals surface area (Å²) in [4.78, 5) is 2.58. The molecule has 2 nitrogen and oxygen atoms in total. The Kier molecular flexibility index (Phi) is 5.22. The van der Waals surface area contributed by atoms with Crippen LogP contribution in [-0.2, 0) is 13.1 Å². The highest BCUT2D eigenvalue weighted by molar-refractivity contribution is 5.23. The number of hydrogen-bond donors (Lipinski definition) is 1. The van der Waals surface area contributed by atoms with Gasteiger partial charge in [0.25, 0.3) is 0 Å². The Morgan fingerprint density at radius 2 is 2.00 bits per heavy atom. The molecule has 0 aromatic heterocycles. The van der Waals surface area contributed by atoms with Crippen LogP contribution < -0.4 is 5.32 Å². The van der Waals surface area contributed by atoms with Gasteiger partial charge in [0.1, 0.15) is 0 Å². The van der Waals surface area contributed by atoms with Crippen LogP contribution in [0.25, 0.3) is 0 Å². The molecule has 112 valence electrons. The zero-order valence-corrected chi connectivity index (χ0v) is 13.6. The molecule has 0 radical (unpaired) electrons. The summed E-state index contributed by atoms with van der Waals surface area (Å²) in [7, 11) is 0. The summed E-state index contributed by atoms with van der Waals surface area (Å²) in [6.45, 7) is 14.9. The smallest absolute Gasteiger partial charge is 0.0234 e. The third kappa shape index (κ3) is 4.92. The maximum Gasteiger partial charge on any atom is 0.0234 e. The molecule has 1 fully saturated rings. The highest BCUT2D eigenvalue weighted by Crippen LogP contribution is 2.29. The molecule has 0 saturated carbocycles. The van der Waals surface area contributed by atoms with Gasteiger partial charge in [-0.05, 0) is 42.0 Å². The lowest BCUT2D eigenvalue weighted by Gasteiger charge is -2.20. The Hall–Kier alpha value is -0.860. The van der Waals surface area contributed by atoms with Crippen LogP contribution >= 0.6 is 0 Å². The highest BCUT2D eigenvalue weighted by atomic mass is 15.1. The van der Waals surface area contributed by atoms with Crippen LogP contribution in [0.5, 0.6) is 0 Å². The second kappa shape index (κ2) is 6.73. The van der Waals surface area contributed by atoms with E-state index in [2.05, 4.69) is 62.2 Å². The predicted molar refractivity (Wildman–Crippen MR) is 86.7 cm³/mol. The zero-order valence-electron chi connectivity index (χ0n) is 13.6. The van der Waals surface area contributed by atoms with E-state index in [0.717, 1.165) is 19.6 Å². The Morgan fingerprint density at radius 1 is 1.25 bits per heavy atom. The van der Waals surface area contributed by atoms with Crippen LogP contribution in [0.2, 0.25) is 0 Å². The summed E-state index contributed by atoms with van der Waals surface area (Å²) in [5.41, 5.74) is 3.35. The van der Waals surface area contributed by atoms with E-state index in [9.17, 15) is 0 Å². The summed E-state index contributed by atoms with van der Waals surface area (Å²) in [6.07, 6.45) is 1.32. The largest absolute Gasteiger partial charge is 0.312 e. The average Bonchev–Trinajstić information content (AvgIpc) is 2.68. The molecule has 0 amide bonds. The first-order chi connectivity index (χ1) is 9.44. The first-order valence-corrected chi connectivity index (χ1v) is 7.95. The quantitative estimate of drug-likeness (QED) is 0.851. The van der Waals surface area contributed by atoms with Crippen LogP contribution in [0, 0.1) is 11.3 Å². The minimum absolute atomic E-state index is 0.496. The number of nitrogens with one attached hydrogen (secondary N) is 1. The van der Waals surface area contributed by atoms with Gasteiger partial charge in [-0.15, -0.1) is 0 Å². The number of benzene rings is 1. The van der Waals surface area contributed by atoms with Crippen LogP contribution in [0.15, 0.2) is 24.3 Å². The zero-order chi connectivity index (χ0) is 14.6. The van der Waals surface area contributed by atoms with E-state index in [-0.39, 0.29) is 0 Å². The van der Waals surface area contributed by atoms with Gasteiger partial charge in [-0.25, -0.2) is 0 Å². The summed E-state index contributed by atoms with van der Waals surface area (Å²) >= 11 is 0. The van der Waals surface area contributed by atoms with Crippen molar-refractivity contribution in [2.75, 3.05) is 19.6 Å². The lowest BCUT2D eigenvalue weighted by molar-refractivity contribution is 0.284. The van der Waals surface area contributed by atoms with E-state index in [1.54, 1.807) is 0 Å². The Morgan fingerprint density at radius 3 is 2.65 bits per heavy atom. The average molecular weight is 274 g/mol. The van der Waals surface area contributed by atoms with E-state index < -0.39 is 0 Å². The molecule has 20 heavy (non-hydrogen) atoms. The second-order valence-electron chi connectivity index (χ2n) is 7.47. The van der Waals surface area contributed by atoms with Gasteiger partial charge in [0.15, 0.2) is 0 Å². The van der Waals surface area contributed by atoms with Gasteiger partial charge in [0.2, 0.25) is 0 Å². The van der Waals surface area contributed by atoms with Crippen molar-refractivity contribution in [2.24, 2.45) is 11.3 Å². The molecular formula is C18H30N2. The molecule has 0 aliphatic carbocycles. The van der Waals surface area contributed by atoms with Gasteiger partial charge >= 0.3 is 0 Å². The van der Waals surface area contributed by atoms with E-state index in [4.69, 9.17) is 0 Å². The van der Waals surface area contributed by atoms with Gasteiger partial charge in [-0.1, -0.05) is 52.0 Å². The fourth-order valence-electron chi connectivity index (χ4n) is 2.96. The number of hydrogen-bond acceptors (Lipinski definition) is 2. The molecule has 0 atom stereocenters. The fraction of sp³-hybridized carbons (Fsp3) is 0.667. The minimum atomic E-state index is 0.496. The summed E-state index contributed by atoms with van der Waals surface area (Å²) in [6, 6.07) is 9.05. The highest BCUT2D eigenvalue weighted by Gasteiger charge is 2.28. The second-order valence-corrected chi connectivity index (χ2v) is 7.47.